The molecular formula is C23H27FN4O3. The molecule has 0 spiro atoms. The smallest absolute Gasteiger partial charge is 0.257 e. The summed E-state index contributed by atoms with van der Waals surface area (Å²) < 4.78 is 116. The molecule has 1 saturated heterocycles. The molecule has 1 unspecified atom stereocenters. The molecule has 31 heavy (non-hydrogen) atoms. The second kappa shape index (κ2) is 8.16. The summed E-state index contributed by atoms with van der Waals surface area (Å²) in [6, 6.07) is -1.80. The Morgan fingerprint density at radius 3 is 3.06 bits per heavy atom. The molecule has 1 atom stereocenters. The van der Waals surface area contributed by atoms with Crippen molar-refractivity contribution in [3.8, 4) is 0 Å². The van der Waals surface area contributed by atoms with Gasteiger partial charge in [-0.3, -0.25) is 9.36 Å². The highest BCUT2D eigenvalue weighted by atomic mass is 19.1. The fraction of sp³-hybridized carbons (Fsp3) is 0.522. The van der Waals surface area contributed by atoms with Crippen LogP contribution in [0.4, 0.5) is 4.39 Å². The largest absolute Gasteiger partial charge is 0.385 e. The number of aliphatic hydroxyl groups is 1. The first kappa shape index (κ1) is 10.8. The number of fused-ring (bicyclic) bond motifs is 2. The summed E-state index contributed by atoms with van der Waals surface area (Å²) in [7, 11) is 0. The van der Waals surface area contributed by atoms with Crippen molar-refractivity contribution in [1.82, 2.24) is 19.6 Å². The average molecular weight is 439 g/mol. The van der Waals surface area contributed by atoms with Crippen molar-refractivity contribution in [2.75, 3.05) is 19.6 Å². The van der Waals surface area contributed by atoms with Crippen LogP contribution >= 0.6 is 0 Å². The molecule has 7 nitrogen and oxygen atoms in total. The van der Waals surface area contributed by atoms with E-state index in [-0.39, 0.29) is 34.4 Å². The van der Waals surface area contributed by atoms with Gasteiger partial charge in [-0.05, 0) is 64.0 Å². The normalized spacial score (nSPS) is 31.2. The molecule has 0 bridgehead atoms. The minimum Gasteiger partial charge on any atom is -0.385 e. The van der Waals surface area contributed by atoms with E-state index in [1.54, 1.807) is 0 Å². The lowest BCUT2D eigenvalue weighted by molar-refractivity contribution is 0.129. The van der Waals surface area contributed by atoms with E-state index in [1.165, 1.54) is 0 Å². The van der Waals surface area contributed by atoms with E-state index in [0.29, 0.717) is 31.6 Å². The molecule has 0 aliphatic carbocycles. The van der Waals surface area contributed by atoms with E-state index in [2.05, 4.69) is 10.1 Å². The molecule has 8 heteroatoms. The maximum Gasteiger partial charge on any atom is 0.257 e. The van der Waals surface area contributed by atoms with E-state index in [4.69, 9.17) is 21.0 Å². The Morgan fingerprint density at radius 1 is 1.42 bits per heavy atom. The first-order chi connectivity index (χ1) is 19.7. The lowest BCUT2D eigenvalue weighted by Gasteiger charge is -2.31. The number of aliphatic hydroxyl groups excluding tert-OH is 1. The van der Waals surface area contributed by atoms with Gasteiger partial charge in [-0.1, -0.05) is 5.16 Å². The van der Waals surface area contributed by atoms with E-state index < -0.39 is 78.8 Å². The van der Waals surface area contributed by atoms with Crippen LogP contribution in [0.25, 0.3) is 11.0 Å². The number of hydrogen-bond donors (Lipinski definition) is 1. The SMILES string of the molecule is [2H]c1c(F)c([2H])c2onc(C3CCN(CCc4c(C([2H])([2H])[2H])nc5n(c4=O)C([2H])([2H])C([2H])([2H])C([2H])([2H])C5O)CC3)c2c1[2H]. The predicted octanol–water partition coefficient (Wildman–Crippen LogP) is 3.08. The van der Waals surface area contributed by atoms with Gasteiger partial charge in [-0.25, -0.2) is 9.37 Å². The first-order valence-electron chi connectivity index (χ1n) is 15.9. The second-order valence-corrected chi connectivity index (χ2v) is 7.55. The van der Waals surface area contributed by atoms with Gasteiger partial charge in [0.25, 0.3) is 5.56 Å². The van der Waals surface area contributed by atoms with Gasteiger partial charge >= 0.3 is 0 Å². The van der Waals surface area contributed by atoms with E-state index in [9.17, 15) is 14.3 Å². The summed E-state index contributed by atoms with van der Waals surface area (Å²) >= 11 is 0. The van der Waals surface area contributed by atoms with E-state index in [0.717, 1.165) is 0 Å². The molecule has 0 saturated carbocycles. The number of nitrogens with zero attached hydrogens (tertiary/aromatic N) is 4. The first-order valence-corrected chi connectivity index (χ1v) is 9.86. The van der Waals surface area contributed by atoms with Crippen LogP contribution in [0.1, 0.15) is 76.8 Å². The third-order valence-electron chi connectivity index (χ3n) is 5.72. The molecule has 0 radical (unpaired) electrons. The van der Waals surface area contributed by atoms with Crippen LogP contribution in [0.3, 0.4) is 0 Å². The van der Waals surface area contributed by atoms with Gasteiger partial charge in [0.05, 0.1) is 9.81 Å². The van der Waals surface area contributed by atoms with Crippen LogP contribution in [-0.2, 0) is 12.9 Å². The van der Waals surface area contributed by atoms with Gasteiger partial charge in [0.2, 0.25) is 0 Å². The monoisotopic (exact) mass is 438 g/mol. The summed E-state index contributed by atoms with van der Waals surface area (Å²) in [5.74, 6) is -2.34. The highest BCUT2D eigenvalue weighted by Crippen LogP contribution is 2.32. The van der Waals surface area contributed by atoms with Crippen LogP contribution in [0.15, 0.2) is 27.4 Å². The van der Waals surface area contributed by atoms with Crippen molar-refractivity contribution in [2.24, 2.45) is 0 Å². The maximum atomic E-state index is 14.1. The number of likely N-dealkylation sites (tertiary alicyclic amines) is 1. The number of benzene rings is 1. The van der Waals surface area contributed by atoms with Crippen molar-refractivity contribution in [3.05, 3.63) is 57.1 Å². The van der Waals surface area contributed by atoms with Gasteiger partial charge < -0.3 is 14.5 Å². The van der Waals surface area contributed by atoms with Crippen molar-refractivity contribution in [1.29, 1.82) is 0 Å². The fourth-order valence-corrected chi connectivity index (χ4v) is 4.05. The van der Waals surface area contributed by atoms with E-state index in [1.807, 2.05) is 4.90 Å². The number of piperidine rings is 1. The Morgan fingerprint density at radius 2 is 2.26 bits per heavy atom. The van der Waals surface area contributed by atoms with E-state index >= 15 is 0 Å². The van der Waals surface area contributed by atoms with Crippen LogP contribution in [-0.4, -0.2) is 44.3 Å². The molecule has 0 amide bonds. The van der Waals surface area contributed by atoms with Crippen LogP contribution in [0.2, 0.25) is 0 Å². The Hall–Kier alpha value is -2.58. The molecule has 2 aliphatic rings. The molecule has 3 aromatic rings. The molecule has 2 aromatic heterocycles. The molecule has 4 heterocycles. The summed E-state index contributed by atoms with van der Waals surface area (Å²) in [4.78, 5) is 19.3. The number of aryl methyl sites for hydroxylation is 1. The third kappa shape index (κ3) is 3.78. The molecule has 5 rings (SSSR count). The lowest BCUT2D eigenvalue weighted by atomic mass is 9.91. The summed E-state index contributed by atoms with van der Waals surface area (Å²) in [5, 5.41) is 14.6. The van der Waals surface area contributed by atoms with Crippen molar-refractivity contribution in [2.45, 2.75) is 57.4 Å². The second-order valence-electron chi connectivity index (χ2n) is 7.55. The zero-order chi connectivity index (χ0) is 32.0. The average Bonchev–Trinajstić information content (AvgIpc) is 3.37. The Bertz CT molecular complexity index is 1660. The quantitative estimate of drug-likeness (QED) is 0.674. The highest BCUT2D eigenvalue weighted by Gasteiger charge is 2.26. The molecule has 164 valence electrons. The number of aromatic nitrogens is 3. The zero-order valence-corrected chi connectivity index (χ0v) is 16.3. The summed E-state index contributed by atoms with van der Waals surface area (Å²) in [6.45, 7) is -5.37. The Balaban J connectivity index is 1.42. The molecule has 1 aromatic carbocycles. The Labute approximate surface area is 196 Å². The van der Waals surface area contributed by atoms with Crippen molar-refractivity contribution in [3.63, 3.8) is 0 Å². The highest BCUT2D eigenvalue weighted by molar-refractivity contribution is 5.79. The van der Waals surface area contributed by atoms with Gasteiger partial charge in [0, 0.05) is 54.0 Å². The van der Waals surface area contributed by atoms with Gasteiger partial charge in [0.15, 0.2) is 5.58 Å². The van der Waals surface area contributed by atoms with Crippen LogP contribution in [0.5, 0.6) is 0 Å². The minimum atomic E-state index is -3.38. The van der Waals surface area contributed by atoms with Crippen molar-refractivity contribution < 1.29 is 30.5 Å². The number of rotatable bonds is 4. The third-order valence-corrected chi connectivity index (χ3v) is 5.72. The molecular weight excluding hydrogens is 399 g/mol. The summed E-state index contributed by atoms with van der Waals surface area (Å²) in [6.07, 6.45) is -8.34. The molecule has 1 N–H and O–H groups in total. The van der Waals surface area contributed by atoms with Crippen molar-refractivity contribution >= 4 is 11.0 Å². The maximum absolute atomic E-state index is 14.1. The van der Waals surface area contributed by atoms with Gasteiger partial charge in [-0.15, -0.1) is 0 Å². The van der Waals surface area contributed by atoms with Crippen LogP contribution in [0, 0.1) is 12.7 Å². The minimum absolute atomic E-state index is 0.103. The van der Waals surface area contributed by atoms with Crippen LogP contribution < -0.4 is 5.56 Å². The predicted molar refractivity (Wildman–Crippen MR) is 114 cm³/mol. The summed E-state index contributed by atoms with van der Waals surface area (Å²) in [5.41, 5.74) is -2.24. The Kier molecular flexibility index (Phi) is 2.85. The topological polar surface area (TPSA) is 84.4 Å². The van der Waals surface area contributed by atoms with Gasteiger partial charge in [0.1, 0.15) is 17.7 Å². The number of hydrogen-bond acceptors (Lipinski definition) is 6. The number of halogens is 1. The lowest BCUT2D eigenvalue weighted by Crippen LogP contribution is -2.37. The standard InChI is InChI=1S/C23H27FN4O3/c1-14-17(23(30)28-9-2-3-19(29)22(28)25-14)8-12-27-10-6-15(7-11-27)21-18-5-4-16(24)13-20(18)31-26-21/h4-5,13,15,19,29H,2-3,6-12H2,1H3/i1D3,2D2,3D2,4D,5D,9D2,13D. The fourth-order valence-electron chi connectivity index (χ4n) is 4.05. The van der Waals surface area contributed by atoms with Gasteiger partial charge in [-0.2, -0.15) is 0 Å². The zero-order valence-electron chi connectivity index (χ0n) is 28.3. The molecule has 1 fully saturated rings. The molecule has 2 aliphatic heterocycles.